The van der Waals surface area contributed by atoms with Crippen LogP contribution in [-0.2, 0) is 0 Å². The minimum atomic E-state index is 0.911. The van der Waals surface area contributed by atoms with Crippen molar-refractivity contribution in [2.24, 2.45) is 0 Å². The number of hydrogen-bond acceptors (Lipinski definition) is 2. The molecule has 0 fully saturated rings. The second kappa shape index (κ2) is 12.5. The molecule has 10 rings (SSSR count). The average Bonchev–Trinajstić information content (AvgIpc) is 3.62. The summed E-state index contributed by atoms with van der Waals surface area (Å²) in [4.78, 5) is 2.34. The highest BCUT2D eigenvalue weighted by Gasteiger charge is 2.17. The van der Waals surface area contributed by atoms with Crippen LogP contribution in [0.15, 0.2) is 205 Å². The fraction of sp³-hybridized carbons (Fsp3) is 0. The summed E-state index contributed by atoms with van der Waals surface area (Å²) in [5, 5.41) is 7.22. The van der Waals surface area contributed by atoms with Gasteiger partial charge in [0.05, 0.1) is 0 Å². The number of rotatable bonds is 6. The zero-order chi connectivity index (χ0) is 34.4. The molecule has 9 aromatic carbocycles. The van der Waals surface area contributed by atoms with E-state index in [1.807, 2.05) is 0 Å². The van der Waals surface area contributed by atoms with Gasteiger partial charge in [-0.25, -0.2) is 0 Å². The highest BCUT2D eigenvalue weighted by atomic mass is 16.3. The maximum absolute atomic E-state index is 6.58. The van der Waals surface area contributed by atoms with Gasteiger partial charge in [-0.3, -0.25) is 0 Å². The smallest absolute Gasteiger partial charge is 0.143 e. The molecule has 0 aliphatic heterocycles. The molecule has 10 aromatic rings. The number of hydrogen-bond donors (Lipinski definition) is 0. The van der Waals surface area contributed by atoms with Crippen molar-refractivity contribution in [3.8, 4) is 33.4 Å². The molecule has 0 aliphatic rings. The Hall–Kier alpha value is -6.90. The molecule has 0 spiro atoms. The lowest BCUT2D eigenvalue weighted by atomic mass is 9.99. The van der Waals surface area contributed by atoms with Crippen LogP contribution in [-0.4, -0.2) is 0 Å². The molecule has 2 heteroatoms. The normalized spacial score (nSPS) is 11.5. The third-order valence-corrected chi connectivity index (χ3v) is 10.2. The summed E-state index contributed by atoms with van der Waals surface area (Å²) in [6.07, 6.45) is 0. The van der Waals surface area contributed by atoms with Crippen molar-refractivity contribution in [2.45, 2.75) is 0 Å². The molecular weight excluding hydrogens is 631 g/mol. The van der Waals surface area contributed by atoms with E-state index < -0.39 is 0 Å². The molecule has 0 saturated heterocycles. The minimum absolute atomic E-state index is 0.911. The summed E-state index contributed by atoms with van der Waals surface area (Å²) >= 11 is 0. The Kier molecular flexibility index (Phi) is 7.18. The van der Waals surface area contributed by atoms with E-state index in [-0.39, 0.29) is 0 Å². The average molecular weight is 664 g/mol. The predicted molar refractivity (Wildman–Crippen MR) is 220 cm³/mol. The second-order valence-corrected chi connectivity index (χ2v) is 13.4. The second-order valence-electron chi connectivity index (χ2n) is 13.4. The van der Waals surface area contributed by atoms with Crippen LogP contribution < -0.4 is 4.90 Å². The first-order valence-electron chi connectivity index (χ1n) is 17.8. The highest BCUT2D eigenvalue weighted by molar-refractivity contribution is 6.20. The number of fused-ring (bicyclic) bond motifs is 6. The van der Waals surface area contributed by atoms with E-state index in [0.29, 0.717) is 0 Å². The Bertz CT molecular complexity index is 2890. The number of para-hydroxylation sites is 1. The van der Waals surface area contributed by atoms with E-state index in [0.717, 1.165) is 44.7 Å². The van der Waals surface area contributed by atoms with Crippen molar-refractivity contribution in [1.29, 1.82) is 0 Å². The van der Waals surface area contributed by atoms with Crippen molar-refractivity contribution in [3.05, 3.63) is 200 Å². The number of furan rings is 1. The molecule has 0 saturated carbocycles. The Morgan fingerprint density at radius 1 is 0.327 bits per heavy atom. The molecule has 0 aliphatic carbocycles. The molecule has 0 N–H and O–H groups in total. The van der Waals surface area contributed by atoms with Gasteiger partial charge in [0, 0.05) is 33.4 Å². The van der Waals surface area contributed by atoms with Gasteiger partial charge in [0.15, 0.2) is 0 Å². The quantitative estimate of drug-likeness (QED) is 0.176. The molecular formula is C50H33NO. The maximum Gasteiger partial charge on any atom is 0.143 e. The maximum atomic E-state index is 6.58. The van der Waals surface area contributed by atoms with E-state index in [1.54, 1.807) is 0 Å². The highest BCUT2D eigenvalue weighted by Crippen LogP contribution is 2.42. The van der Waals surface area contributed by atoms with Crippen LogP contribution in [0.4, 0.5) is 17.1 Å². The van der Waals surface area contributed by atoms with Crippen LogP contribution in [0.5, 0.6) is 0 Å². The van der Waals surface area contributed by atoms with E-state index in [4.69, 9.17) is 4.42 Å². The minimum Gasteiger partial charge on any atom is -0.455 e. The summed E-state index contributed by atoms with van der Waals surface area (Å²) in [7, 11) is 0. The van der Waals surface area contributed by atoms with Gasteiger partial charge in [0.1, 0.15) is 11.2 Å². The summed E-state index contributed by atoms with van der Waals surface area (Å²) in [5.74, 6) is 0. The van der Waals surface area contributed by atoms with Gasteiger partial charge in [-0.2, -0.15) is 0 Å². The molecule has 2 nitrogen and oxygen atoms in total. The number of benzene rings is 9. The Labute approximate surface area is 302 Å². The van der Waals surface area contributed by atoms with Gasteiger partial charge in [-0.1, -0.05) is 152 Å². The van der Waals surface area contributed by atoms with E-state index in [9.17, 15) is 0 Å². The van der Waals surface area contributed by atoms with Gasteiger partial charge in [0.2, 0.25) is 0 Å². The van der Waals surface area contributed by atoms with Crippen LogP contribution in [0.25, 0.3) is 76.9 Å². The molecule has 0 amide bonds. The number of nitrogens with zero attached hydrogens (tertiary/aromatic N) is 1. The largest absolute Gasteiger partial charge is 0.455 e. The molecule has 52 heavy (non-hydrogen) atoms. The van der Waals surface area contributed by atoms with Gasteiger partial charge in [0.25, 0.3) is 0 Å². The number of anilines is 3. The first kappa shape index (κ1) is 30.0. The lowest BCUT2D eigenvalue weighted by Gasteiger charge is -2.26. The van der Waals surface area contributed by atoms with E-state index in [1.165, 1.54) is 49.2 Å². The van der Waals surface area contributed by atoms with Crippen LogP contribution in [0.1, 0.15) is 0 Å². The molecule has 1 heterocycles. The molecule has 244 valence electrons. The molecule has 0 radical (unpaired) electrons. The van der Waals surface area contributed by atoms with Gasteiger partial charge in [-0.05, 0) is 97.9 Å². The topological polar surface area (TPSA) is 16.4 Å². The monoisotopic (exact) mass is 663 g/mol. The standard InChI is InChI=1S/C50H33NO/c1-2-10-34(11-3-1)36-22-27-42(28-23-36)51(44-16-8-15-40(33-44)41-21-20-35-12-4-5-14-39(35)32-41)43-29-24-38(25-30-43)46-18-9-19-47-49-45-17-7-6-13-37(45)26-31-48(49)52-50(46)47/h1-33H. The summed E-state index contributed by atoms with van der Waals surface area (Å²) in [6, 6.07) is 71.6. The Balaban J connectivity index is 1.08. The molecule has 0 bridgehead atoms. The van der Waals surface area contributed by atoms with E-state index >= 15 is 0 Å². The lowest BCUT2D eigenvalue weighted by Crippen LogP contribution is -2.10. The van der Waals surface area contributed by atoms with Gasteiger partial charge < -0.3 is 9.32 Å². The van der Waals surface area contributed by atoms with Gasteiger partial charge in [-0.15, -0.1) is 0 Å². The fourth-order valence-corrected chi connectivity index (χ4v) is 7.66. The SMILES string of the molecule is c1ccc(-c2ccc(N(c3ccc(-c4cccc5c4oc4ccc6ccccc6c45)cc3)c3cccc(-c4ccc5ccccc5c4)c3)cc2)cc1. The third-order valence-electron chi connectivity index (χ3n) is 10.2. The summed E-state index contributed by atoms with van der Waals surface area (Å²) in [6.45, 7) is 0. The molecule has 0 unspecified atom stereocenters. The van der Waals surface area contributed by atoms with Crippen LogP contribution >= 0.6 is 0 Å². The fourth-order valence-electron chi connectivity index (χ4n) is 7.66. The molecule has 1 aromatic heterocycles. The van der Waals surface area contributed by atoms with Crippen molar-refractivity contribution in [3.63, 3.8) is 0 Å². The predicted octanol–water partition coefficient (Wildman–Crippen LogP) is 14.4. The lowest BCUT2D eigenvalue weighted by molar-refractivity contribution is 0.670. The van der Waals surface area contributed by atoms with Crippen molar-refractivity contribution >= 4 is 60.5 Å². The summed E-state index contributed by atoms with van der Waals surface area (Å²) in [5.41, 5.74) is 12.1. The van der Waals surface area contributed by atoms with E-state index in [2.05, 4.69) is 205 Å². The van der Waals surface area contributed by atoms with Crippen LogP contribution in [0.2, 0.25) is 0 Å². The zero-order valence-electron chi connectivity index (χ0n) is 28.4. The van der Waals surface area contributed by atoms with Crippen LogP contribution in [0.3, 0.4) is 0 Å². The Morgan fingerprint density at radius 2 is 0.904 bits per heavy atom. The van der Waals surface area contributed by atoms with Crippen molar-refractivity contribution in [1.82, 2.24) is 0 Å². The first-order chi connectivity index (χ1) is 25.8. The van der Waals surface area contributed by atoms with Gasteiger partial charge >= 0.3 is 0 Å². The third kappa shape index (κ3) is 5.21. The van der Waals surface area contributed by atoms with Crippen molar-refractivity contribution in [2.75, 3.05) is 4.90 Å². The van der Waals surface area contributed by atoms with Crippen molar-refractivity contribution < 1.29 is 4.42 Å². The van der Waals surface area contributed by atoms with Crippen LogP contribution in [0, 0.1) is 0 Å². The molecule has 0 atom stereocenters. The summed E-state index contributed by atoms with van der Waals surface area (Å²) < 4.78 is 6.58. The zero-order valence-corrected chi connectivity index (χ0v) is 28.4. The first-order valence-corrected chi connectivity index (χ1v) is 17.8. The Morgan fingerprint density at radius 3 is 1.71 bits per heavy atom.